The van der Waals surface area contributed by atoms with Crippen molar-refractivity contribution in [2.24, 2.45) is 0 Å². The predicted molar refractivity (Wildman–Crippen MR) is 239 cm³/mol. The van der Waals surface area contributed by atoms with Crippen LogP contribution in [0.1, 0.15) is 233 Å². The molecule has 57 heavy (non-hydrogen) atoms. The Morgan fingerprint density at radius 3 is 1.61 bits per heavy atom. The first-order chi connectivity index (χ1) is 27.9. The van der Waals surface area contributed by atoms with Gasteiger partial charge in [-0.3, -0.25) is 14.6 Å². The second-order valence-corrected chi connectivity index (χ2v) is 16.9. The van der Waals surface area contributed by atoms with E-state index in [0.717, 1.165) is 116 Å². The minimum atomic E-state index is -0.649. The van der Waals surface area contributed by atoms with E-state index in [0.29, 0.717) is 19.6 Å². The molecule has 1 heterocycles. The molecule has 9 nitrogen and oxygen atoms in total. The molecule has 0 aliphatic heterocycles. The van der Waals surface area contributed by atoms with Crippen LogP contribution in [0.15, 0.2) is 21.9 Å². The van der Waals surface area contributed by atoms with Crippen molar-refractivity contribution in [1.82, 2.24) is 14.5 Å². The highest BCUT2D eigenvalue weighted by Gasteiger charge is 2.15. The predicted octanol–water partition coefficient (Wildman–Crippen LogP) is 12.0. The lowest BCUT2D eigenvalue weighted by molar-refractivity contribution is -0.144. The van der Waals surface area contributed by atoms with Crippen LogP contribution < -0.4 is 11.2 Å². The number of aromatic nitrogens is 2. The third-order valence-electron chi connectivity index (χ3n) is 11.4. The monoisotopic (exact) mass is 806 g/mol. The van der Waals surface area contributed by atoms with Crippen LogP contribution in [0.25, 0.3) is 0 Å². The van der Waals surface area contributed by atoms with Gasteiger partial charge in [0, 0.05) is 25.2 Å². The van der Waals surface area contributed by atoms with Crippen LogP contribution in [-0.4, -0.2) is 64.2 Å². The molecular weight excluding hydrogens is 715 g/mol. The highest BCUT2D eigenvalue weighted by atomic mass is 16.6. The molecule has 334 valence electrons. The van der Waals surface area contributed by atoms with E-state index >= 15 is 0 Å². The van der Waals surface area contributed by atoms with Gasteiger partial charge in [0.25, 0.3) is 5.56 Å². The number of H-pyrrole nitrogens is 1. The zero-order chi connectivity index (χ0) is 41.4. The molecule has 0 amide bonds. The summed E-state index contributed by atoms with van der Waals surface area (Å²) >= 11 is 0. The topological polar surface area (TPSA) is 114 Å². The standard InChI is InChI=1S/C48H91N3O6/c1-4-7-10-13-18-25-33-44(34-26-19-14-11-8-5-2)57-47(54)36-28-21-17-23-30-39-50(40-32-41-51-42-37-45(52)49-48(51)55)38-29-22-16-20-27-35-46(53)56-43-31-24-15-12-9-6-3/h37,42,44,47,54H,4-36,38-41,43H2,1-3H3,(H,49,52,55). The molecule has 9 heteroatoms. The van der Waals surface area contributed by atoms with Crippen molar-refractivity contribution in [3.05, 3.63) is 33.1 Å². The molecule has 0 bridgehead atoms. The van der Waals surface area contributed by atoms with E-state index in [1.807, 2.05) is 0 Å². The molecule has 0 saturated carbocycles. The average Bonchev–Trinajstić information content (AvgIpc) is 3.19. The van der Waals surface area contributed by atoms with E-state index in [4.69, 9.17) is 9.47 Å². The molecule has 0 aromatic carbocycles. The number of nitrogens with one attached hydrogen (secondary N) is 1. The summed E-state index contributed by atoms with van der Waals surface area (Å²) in [5.41, 5.74) is -0.705. The number of aromatic amines is 1. The lowest BCUT2D eigenvalue weighted by atomic mass is 10.0. The number of ether oxygens (including phenoxy) is 2. The van der Waals surface area contributed by atoms with Gasteiger partial charge in [-0.05, 0) is 77.4 Å². The number of hydrogen-bond acceptors (Lipinski definition) is 7. The number of esters is 1. The van der Waals surface area contributed by atoms with Gasteiger partial charge < -0.3 is 24.0 Å². The number of carbonyl (C=O) groups excluding carboxylic acids is 1. The third-order valence-corrected chi connectivity index (χ3v) is 11.4. The summed E-state index contributed by atoms with van der Waals surface area (Å²) in [6.45, 7) is 10.9. The number of aliphatic hydroxyl groups is 1. The third kappa shape index (κ3) is 33.5. The zero-order valence-corrected chi connectivity index (χ0v) is 37.6. The summed E-state index contributed by atoms with van der Waals surface area (Å²) in [6, 6.07) is 1.41. The Balaban J connectivity index is 2.36. The molecule has 2 N–H and O–H groups in total. The lowest BCUT2D eigenvalue weighted by Gasteiger charge is -2.23. The first kappa shape index (κ1) is 53.0. The fraction of sp³-hybridized carbons (Fsp3) is 0.896. The summed E-state index contributed by atoms with van der Waals surface area (Å²) < 4.78 is 13.3. The van der Waals surface area contributed by atoms with Gasteiger partial charge in [-0.15, -0.1) is 0 Å². The molecule has 1 aromatic heterocycles. The Kier molecular flexibility index (Phi) is 36.8. The number of nitrogens with zero attached hydrogens (tertiary/aromatic N) is 2. The molecule has 1 rings (SSSR count). The highest BCUT2D eigenvalue weighted by molar-refractivity contribution is 5.69. The van der Waals surface area contributed by atoms with E-state index in [-0.39, 0.29) is 23.3 Å². The Morgan fingerprint density at radius 2 is 1.07 bits per heavy atom. The van der Waals surface area contributed by atoms with Crippen molar-refractivity contribution in [3.8, 4) is 0 Å². The average molecular weight is 806 g/mol. The van der Waals surface area contributed by atoms with Gasteiger partial charge in [0.2, 0.25) is 0 Å². The quantitative estimate of drug-likeness (QED) is 0.0384. The summed E-state index contributed by atoms with van der Waals surface area (Å²) in [4.78, 5) is 40.6. The van der Waals surface area contributed by atoms with Crippen molar-refractivity contribution in [2.45, 2.75) is 252 Å². The maximum Gasteiger partial charge on any atom is 0.328 e. The minimum Gasteiger partial charge on any atom is -0.466 e. The van der Waals surface area contributed by atoms with E-state index in [1.165, 1.54) is 115 Å². The van der Waals surface area contributed by atoms with E-state index in [2.05, 4.69) is 30.7 Å². The number of hydrogen-bond donors (Lipinski definition) is 2. The first-order valence-corrected chi connectivity index (χ1v) is 24.4. The Labute approximate surface area is 349 Å². The van der Waals surface area contributed by atoms with Gasteiger partial charge in [0.15, 0.2) is 6.29 Å². The SMILES string of the molecule is CCCCCCCCOC(=O)CCCCCCCN(CCCCCCCC(O)OC(CCCCCCCC)CCCCCCCC)CCCn1ccc(=O)[nH]c1=O. The van der Waals surface area contributed by atoms with Crippen LogP contribution in [0.5, 0.6) is 0 Å². The number of aryl methyl sites for hydroxylation is 1. The Bertz CT molecular complexity index is 1120. The molecule has 0 spiro atoms. The van der Waals surface area contributed by atoms with Gasteiger partial charge >= 0.3 is 11.7 Å². The molecule has 1 aromatic rings. The lowest BCUT2D eigenvalue weighted by Crippen LogP contribution is -2.31. The van der Waals surface area contributed by atoms with Crippen molar-refractivity contribution in [2.75, 3.05) is 26.2 Å². The molecule has 0 saturated heterocycles. The second-order valence-electron chi connectivity index (χ2n) is 16.9. The van der Waals surface area contributed by atoms with E-state index < -0.39 is 6.29 Å². The maximum atomic E-state index is 12.2. The van der Waals surface area contributed by atoms with Crippen LogP contribution in [0, 0.1) is 0 Å². The number of carbonyl (C=O) groups is 1. The van der Waals surface area contributed by atoms with Crippen LogP contribution in [0.4, 0.5) is 0 Å². The van der Waals surface area contributed by atoms with Crippen LogP contribution in [0.2, 0.25) is 0 Å². The molecule has 0 radical (unpaired) electrons. The van der Waals surface area contributed by atoms with Gasteiger partial charge in [0.05, 0.1) is 12.7 Å². The van der Waals surface area contributed by atoms with Gasteiger partial charge in [-0.2, -0.15) is 0 Å². The maximum absolute atomic E-state index is 12.2. The number of aliphatic hydroxyl groups excluding tert-OH is 1. The zero-order valence-electron chi connectivity index (χ0n) is 37.6. The van der Waals surface area contributed by atoms with Gasteiger partial charge in [0.1, 0.15) is 0 Å². The second kappa shape index (κ2) is 39.5. The Hall–Kier alpha value is -1.97. The fourth-order valence-corrected chi connectivity index (χ4v) is 7.76. The first-order valence-electron chi connectivity index (χ1n) is 24.4. The fourth-order valence-electron chi connectivity index (χ4n) is 7.76. The van der Waals surface area contributed by atoms with Gasteiger partial charge in [-0.1, -0.05) is 168 Å². The summed E-state index contributed by atoms with van der Waals surface area (Å²) in [6.07, 6.45) is 39.0. The molecule has 1 atom stereocenters. The van der Waals surface area contributed by atoms with Crippen molar-refractivity contribution >= 4 is 5.97 Å². The molecule has 1 unspecified atom stereocenters. The van der Waals surface area contributed by atoms with Crippen molar-refractivity contribution in [1.29, 1.82) is 0 Å². The molecule has 0 fully saturated rings. The number of rotatable bonds is 43. The largest absolute Gasteiger partial charge is 0.466 e. The van der Waals surface area contributed by atoms with E-state index in [1.54, 1.807) is 10.8 Å². The van der Waals surface area contributed by atoms with Crippen LogP contribution in [0.3, 0.4) is 0 Å². The summed E-state index contributed by atoms with van der Waals surface area (Å²) in [5.74, 6) is -0.0490. The van der Waals surface area contributed by atoms with Crippen LogP contribution in [-0.2, 0) is 20.8 Å². The smallest absolute Gasteiger partial charge is 0.328 e. The van der Waals surface area contributed by atoms with Crippen LogP contribution >= 0.6 is 0 Å². The highest BCUT2D eigenvalue weighted by Crippen LogP contribution is 2.20. The molecule has 0 aliphatic rings. The Morgan fingerprint density at radius 1 is 0.614 bits per heavy atom. The normalized spacial score (nSPS) is 12.2. The van der Waals surface area contributed by atoms with Gasteiger partial charge in [-0.25, -0.2) is 4.79 Å². The van der Waals surface area contributed by atoms with Crippen molar-refractivity contribution < 1.29 is 19.4 Å². The number of unbranched alkanes of at least 4 members (excludes halogenated alkanes) is 23. The molecular formula is C48H91N3O6. The van der Waals surface area contributed by atoms with E-state index in [9.17, 15) is 19.5 Å². The minimum absolute atomic E-state index is 0.0490. The molecule has 0 aliphatic carbocycles. The summed E-state index contributed by atoms with van der Waals surface area (Å²) in [5, 5.41) is 10.8. The van der Waals surface area contributed by atoms with Crippen molar-refractivity contribution in [3.63, 3.8) is 0 Å². The summed E-state index contributed by atoms with van der Waals surface area (Å²) in [7, 11) is 0.